The molecule has 0 spiro atoms. The van der Waals surface area contributed by atoms with Crippen LogP contribution in [0, 0.1) is 0 Å². The number of hydrogen-bond donors (Lipinski definition) is 3. The lowest BCUT2D eigenvalue weighted by Crippen LogP contribution is -2.22. The third-order valence-corrected chi connectivity index (χ3v) is 6.05. The molecule has 9 heteroatoms. The van der Waals surface area contributed by atoms with Gasteiger partial charge in [0.2, 0.25) is 5.95 Å². The number of hydrogen-bond acceptors (Lipinski definition) is 7. The molecule has 0 fully saturated rings. The summed E-state index contributed by atoms with van der Waals surface area (Å²) in [5.41, 5.74) is 11.6. The lowest BCUT2D eigenvalue weighted by atomic mass is 9.83. The van der Waals surface area contributed by atoms with Gasteiger partial charge in [-0.05, 0) is 36.6 Å². The Morgan fingerprint density at radius 3 is 2.74 bits per heavy atom. The Morgan fingerprint density at radius 1 is 1.29 bits per heavy atom. The van der Waals surface area contributed by atoms with Crippen molar-refractivity contribution in [1.29, 1.82) is 0 Å². The average Bonchev–Trinajstić information content (AvgIpc) is 2.82. The number of fused-ring (bicyclic) bond motifs is 1. The standard InChI is InChI=1S/C25H24ClN5O3/c1-13-10-18(27)21(22(28-2)15-6-4-5-7-17(15)26)23-16(13)12-29-25(31-23)30-19-9-8-14(24(32)33)11-20(19)34-3/h4-9,11-13H,10,27H2,1-3H3,(H,32,33)(H,29,30,31). The Morgan fingerprint density at radius 2 is 2.06 bits per heavy atom. The van der Waals surface area contributed by atoms with Gasteiger partial charge in [0.15, 0.2) is 0 Å². The maximum Gasteiger partial charge on any atom is 0.335 e. The summed E-state index contributed by atoms with van der Waals surface area (Å²) in [5.74, 6) is -0.243. The number of nitrogens with one attached hydrogen (secondary N) is 1. The fraction of sp³-hybridized carbons (Fsp3) is 0.200. The quantitative estimate of drug-likeness (QED) is 0.432. The summed E-state index contributed by atoms with van der Waals surface area (Å²) in [4.78, 5) is 25.1. The molecule has 0 radical (unpaired) electrons. The molecule has 0 saturated heterocycles. The van der Waals surface area contributed by atoms with Crippen molar-refractivity contribution in [1.82, 2.24) is 9.97 Å². The van der Waals surface area contributed by atoms with Crippen LogP contribution in [-0.4, -0.2) is 40.9 Å². The minimum absolute atomic E-state index is 0.115. The molecule has 1 aliphatic rings. The smallest absolute Gasteiger partial charge is 0.335 e. The van der Waals surface area contributed by atoms with Crippen LogP contribution in [0.2, 0.25) is 5.02 Å². The number of nitrogens with two attached hydrogens (primary N) is 1. The SMILES string of the molecule is CN=C(C1=C(N)CC(C)c2cnc(Nc3ccc(C(=O)O)cc3OC)nc21)c1ccccc1Cl. The van der Waals surface area contributed by atoms with Crippen molar-refractivity contribution in [2.24, 2.45) is 10.7 Å². The van der Waals surface area contributed by atoms with Crippen molar-refractivity contribution in [2.75, 3.05) is 19.5 Å². The summed E-state index contributed by atoms with van der Waals surface area (Å²) < 4.78 is 5.36. The second-order valence-corrected chi connectivity index (χ2v) is 8.31. The van der Waals surface area contributed by atoms with Crippen LogP contribution < -0.4 is 15.8 Å². The van der Waals surface area contributed by atoms with Gasteiger partial charge in [0.1, 0.15) is 5.75 Å². The minimum atomic E-state index is -1.04. The van der Waals surface area contributed by atoms with Crippen molar-refractivity contribution >= 4 is 40.5 Å². The number of anilines is 2. The Bertz CT molecular complexity index is 1340. The molecule has 2 aromatic carbocycles. The number of aromatic carboxylic acids is 1. The zero-order chi connectivity index (χ0) is 24.4. The molecular weight excluding hydrogens is 454 g/mol. The first-order valence-electron chi connectivity index (χ1n) is 10.6. The second-order valence-electron chi connectivity index (χ2n) is 7.90. The predicted octanol–water partition coefficient (Wildman–Crippen LogP) is 4.88. The minimum Gasteiger partial charge on any atom is -0.495 e. The largest absolute Gasteiger partial charge is 0.495 e. The van der Waals surface area contributed by atoms with Gasteiger partial charge in [-0.2, -0.15) is 0 Å². The van der Waals surface area contributed by atoms with Gasteiger partial charge in [0, 0.05) is 40.7 Å². The van der Waals surface area contributed by atoms with E-state index in [4.69, 9.17) is 27.1 Å². The van der Waals surface area contributed by atoms with E-state index < -0.39 is 5.97 Å². The maximum atomic E-state index is 11.3. The first-order valence-corrected chi connectivity index (χ1v) is 11.0. The molecule has 0 bridgehead atoms. The lowest BCUT2D eigenvalue weighted by molar-refractivity contribution is 0.0696. The highest BCUT2D eigenvalue weighted by molar-refractivity contribution is 6.40. The van der Waals surface area contributed by atoms with E-state index in [-0.39, 0.29) is 11.5 Å². The molecule has 3 aromatic rings. The van der Waals surface area contributed by atoms with Crippen LogP contribution in [0.5, 0.6) is 5.75 Å². The number of halogens is 1. The summed E-state index contributed by atoms with van der Waals surface area (Å²) in [5, 5.41) is 12.9. The van der Waals surface area contributed by atoms with Crippen LogP contribution in [0.1, 0.15) is 46.4 Å². The molecule has 4 rings (SSSR count). The summed E-state index contributed by atoms with van der Waals surface area (Å²) in [7, 11) is 3.17. The van der Waals surface area contributed by atoms with Crippen molar-refractivity contribution in [2.45, 2.75) is 19.3 Å². The van der Waals surface area contributed by atoms with Crippen LogP contribution >= 0.6 is 11.6 Å². The number of rotatable bonds is 6. The number of ether oxygens (including phenoxy) is 1. The molecule has 34 heavy (non-hydrogen) atoms. The molecule has 8 nitrogen and oxygen atoms in total. The van der Waals surface area contributed by atoms with Crippen molar-refractivity contribution in [3.05, 3.63) is 81.8 Å². The number of allylic oxidation sites excluding steroid dienone is 2. The van der Waals surface area contributed by atoms with Gasteiger partial charge in [-0.1, -0.05) is 36.7 Å². The number of methoxy groups -OCH3 is 1. The summed E-state index contributed by atoms with van der Waals surface area (Å²) in [6.07, 6.45) is 2.42. The zero-order valence-corrected chi connectivity index (χ0v) is 19.7. The summed E-state index contributed by atoms with van der Waals surface area (Å²) in [6.45, 7) is 2.07. The van der Waals surface area contributed by atoms with E-state index in [1.807, 2.05) is 24.3 Å². The number of carbonyl (C=O) groups is 1. The number of aromatic nitrogens is 2. The Labute approximate surface area is 202 Å². The summed E-state index contributed by atoms with van der Waals surface area (Å²) in [6, 6.07) is 12.0. The zero-order valence-electron chi connectivity index (χ0n) is 19.0. The van der Waals surface area contributed by atoms with Gasteiger partial charge in [-0.25, -0.2) is 14.8 Å². The number of carboxylic acids is 1. The van der Waals surface area contributed by atoms with Crippen LogP contribution in [0.3, 0.4) is 0 Å². The molecule has 0 saturated carbocycles. The van der Waals surface area contributed by atoms with Gasteiger partial charge in [-0.3, -0.25) is 4.99 Å². The maximum absolute atomic E-state index is 11.3. The van der Waals surface area contributed by atoms with E-state index >= 15 is 0 Å². The average molecular weight is 478 g/mol. The summed E-state index contributed by atoms with van der Waals surface area (Å²) >= 11 is 6.48. The second kappa shape index (κ2) is 9.52. The van der Waals surface area contributed by atoms with E-state index in [9.17, 15) is 9.90 Å². The van der Waals surface area contributed by atoms with E-state index in [1.165, 1.54) is 19.2 Å². The van der Waals surface area contributed by atoms with E-state index in [0.717, 1.165) is 16.7 Å². The fourth-order valence-corrected chi connectivity index (χ4v) is 4.26. The molecule has 1 aromatic heterocycles. The van der Waals surface area contributed by atoms with Gasteiger partial charge in [-0.15, -0.1) is 0 Å². The van der Waals surface area contributed by atoms with Crippen LogP contribution in [-0.2, 0) is 0 Å². The highest BCUT2D eigenvalue weighted by atomic mass is 35.5. The van der Waals surface area contributed by atoms with E-state index in [0.29, 0.717) is 45.9 Å². The number of carboxylic acid groups (broad SMARTS) is 1. The van der Waals surface area contributed by atoms with Gasteiger partial charge in [0.05, 0.1) is 29.8 Å². The Balaban J connectivity index is 1.79. The molecule has 0 aliphatic heterocycles. The van der Waals surface area contributed by atoms with E-state index in [2.05, 4.69) is 22.2 Å². The first kappa shape index (κ1) is 23.3. The third kappa shape index (κ3) is 4.32. The van der Waals surface area contributed by atoms with Gasteiger partial charge < -0.3 is 20.9 Å². The Kier molecular flexibility index (Phi) is 6.51. The fourth-order valence-electron chi connectivity index (χ4n) is 4.04. The molecule has 1 atom stereocenters. The third-order valence-electron chi connectivity index (χ3n) is 5.72. The number of nitrogens with zero attached hydrogens (tertiary/aromatic N) is 3. The van der Waals surface area contributed by atoms with Crippen LogP contribution in [0.25, 0.3) is 5.57 Å². The molecule has 0 amide bonds. The van der Waals surface area contributed by atoms with Crippen molar-refractivity contribution in [3.8, 4) is 5.75 Å². The number of aliphatic imine (C=N–C) groups is 1. The molecule has 1 aliphatic carbocycles. The molecule has 1 unspecified atom stereocenters. The Hall–Kier alpha value is -3.91. The highest BCUT2D eigenvalue weighted by Gasteiger charge is 2.29. The normalized spacial score (nSPS) is 15.6. The van der Waals surface area contributed by atoms with Crippen molar-refractivity contribution in [3.63, 3.8) is 0 Å². The predicted molar refractivity (Wildman–Crippen MR) is 133 cm³/mol. The highest BCUT2D eigenvalue weighted by Crippen LogP contribution is 2.39. The van der Waals surface area contributed by atoms with Crippen LogP contribution in [0.4, 0.5) is 11.6 Å². The van der Waals surface area contributed by atoms with Gasteiger partial charge in [0.25, 0.3) is 0 Å². The number of benzene rings is 2. The molecule has 4 N–H and O–H groups in total. The molecule has 1 heterocycles. The van der Waals surface area contributed by atoms with Gasteiger partial charge >= 0.3 is 5.97 Å². The lowest BCUT2D eigenvalue weighted by Gasteiger charge is -2.26. The first-order chi connectivity index (χ1) is 16.3. The molecular formula is C25H24ClN5O3. The molecule has 174 valence electrons. The van der Waals surface area contributed by atoms with Crippen LogP contribution in [0.15, 0.2) is 59.4 Å². The van der Waals surface area contributed by atoms with E-state index in [1.54, 1.807) is 19.3 Å². The monoisotopic (exact) mass is 477 g/mol. The topological polar surface area (TPSA) is 123 Å². The van der Waals surface area contributed by atoms with Crippen molar-refractivity contribution < 1.29 is 14.6 Å².